The Labute approximate surface area is 167 Å². The first-order valence-corrected chi connectivity index (χ1v) is 9.91. The second kappa shape index (κ2) is 6.16. The summed E-state index contributed by atoms with van der Waals surface area (Å²) in [6.45, 7) is 4.23. The van der Waals surface area contributed by atoms with Crippen molar-refractivity contribution in [1.29, 1.82) is 0 Å². The molecule has 1 amide bonds. The first-order chi connectivity index (χ1) is 13.0. The van der Waals surface area contributed by atoms with Crippen molar-refractivity contribution in [2.24, 2.45) is 23.7 Å². The Morgan fingerprint density at radius 1 is 1.19 bits per heavy atom. The average Bonchev–Trinajstić information content (AvgIpc) is 3.01. The normalized spacial score (nSPS) is 35.8. The zero-order valence-corrected chi connectivity index (χ0v) is 16.4. The van der Waals surface area contributed by atoms with E-state index in [2.05, 4.69) is 28.3 Å². The maximum Gasteiger partial charge on any atom is 0.230 e. The topological polar surface area (TPSA) is 64.1 Å². The van der Waals surface area contributed by atoms with Crippen LogP contribution in [0.2, 0.25) is 10.2 Å². The van der Waals surface area contributed by atoms with Crippen molar-refractivity contribution in [2.45, 2.75) is 32.0 Å². The van der Waals surface area contributed by atoms with Crippen molar-refractivity contribution in [3.63, 3.8) is 0 Å². The van der Waals surface area contributed by atoms with Gasteiger partial charge in [-0.2, -0.15) is 0 Å². The van der Waals surface area contributed by atoms with Gasteiger partial charge in [0.1, 0.15) is 5.15 Å². The molecule has 5 nitrogen and oxygen atoms in total. The molecule has 0 radical (unpaired) electrons. The lowest BCUT2D eigenvalue weighted by Crippen LogP contribution is -2.37. The van der Waals surface area contributed by atoms with E-state index in [1.807, 2.05) is 19.2 Å². The summed E-state index contributed by atoms with van der Waals surface area (Å²) in [6, 6.07) is 5.69. The molecule has 7 heteroatoms. The molecule has 2 aromatic rings. The van der Waals surface area contributed by atoms with Gasteiger partial charge in [0.25, 0.3) is 0 Å². The highest BCUT2D eigenvalue weighted by Crippen LogP contribution is 2.68. The van der Waals surface area contributed by atoms with E-state index in [-0.39, 0.29) is 35.1 Å². The summed E-state index contributed by atoms with van der Waals surface area (Å²) >= 11 is 11.9. The summed E-state index contributed by atoms with van der Waals surface area (Å²) in [5.74, 6) is 1.40. The van der Waals surface area contributed by atoms with Crippen molar-refractivity contribution in [3.05, 3.63) is 52.0 Å². The number of aromatic nitrogens is 2. The van der Waals surface area contributed by atoms with Gasteiger partial charge in [-0.3, -0.25) is 9.78 Å². The number of amides is 1. The number of halogens is 2. The molecule has 1 N–H and O–H groups in total. The Balaban J connectivity index is 1.47. The summed E-state index contributed by atoms with van der Waals surface area (Å²) in [6.07, 6.45) is 3.39. The van der Waals surface area contributed by atoms with E-state index >= 15 is 0 Å². The monoisotopic (exact) mass is 403 g/mol. The number of nitrogens with one attached hydrogen (secondary N) is 1. The molecule has 2 aliphatic heterocycles. The lowest BCUT2D eigenvalue weighted by atomic mass is 9.75. The van der Waals surface area contributed by atoms with Crippen molar-refractivity contribution < 1.29 is 9.53 Å². The van der Waals surface area contributed by atoms with Gasteiger partial charge in [0.15, 0.2) is 0 Å². The minimum Gasteiger partial charge on any atom is -0.373 e. The van der Waals surface area contributed by atoms with Gasteiger partial charge in [-0.15, -0.1) is 0 Å². The van der Waals surface area contributed by atoms with Crippen LogP contribution in [0.1, 0.15) is 24.1 Å². The van der Waals surface area contributed by atoms with Crippen LogP contribution in [0, 0.1) is 30.6 Å². The van der Waals surface area contributed by atoms with Crippen molar-refractivity contribution in [1.82, 2.24) is 9.97 Å². The highest BCUT2D eigenvalue weighted by atomic mass is 35.5. The second-order valence-corrected chi connectivity index (χ2v) is 8.61. The maximum absolute atomic E-state index is 13.2. The average molecular weight is 404 g/mol. The van der Waals surface area contributed by atoms with Gasteiger partial charge in [-0.25, -0.2) is 4.98 Å². The molecule has 3 unspecified atom stereocenters. The Hall–Kier alpha value is -1.69. The van der Waals surface area contributed by atoms with Gasteiger partial charge < -0.3 is 10.1 Å². The lowest BCUT2D eigenvalue weighted by Gasteiger charge is -2.27. The molecule has 2 bridgehead atoms. The van der Waals surface area contributed by atoms with Crippen molar-refractivity contribution in [3.8, 4) is 0 Å². The third kappa shape index (κ3) is 2.67. The summed E-state index contributed by atoms with van der Waals surface area (Å²) < 4.78 is 6.28. The smallest absolute Gasteiger partial charge is 0.230 e. The number of carbonyl (C=O) groups is 1. The SMILES string of the molecule is Cc1cc([C@@H]2[C@H](C(=O)Nc3cnc(Cl)c(Cl)c3)[C@@H]3O[C@H]2C2C(C)C23)ccn1. The van der Waals surface area contributed by atoms with Gasteiger partial charge in [-0.05, 0) is 48.4 Å². The number of carbonyl (C=O) groups excluding carboxylic acids is 1. The van der Waals surface area contributed by atoms with E-state index in [1.165, 1.54) is 6.20 Å². The number of aryl methyl sites for hydroxylation is 1. The van der Waals surface area contributed by atoms with Crippen LogP contribution in [-0.4, -0.2) is 28.1 Å². The van der Waals surface area contributed by atoms with E-state index in [4.69, 9.17) is 27.9 Å². The van der Waals surface area contributed by atoms with Crippen LogP contribution in [0.4, 0.5) is 5.69 Å². The molecule has 4 heterocycles. The molecule has 1 aliphatic carbocycles. The third-order valence-corrected chi connectivity index (χ3v) is 7.04. The first-order valence-electron chi connectivity index (χ1n) is 9.15. The number of hydrogen-bond acceptors (Lipinski definition) is 4. The molecular formula is C20H19Cl2N3O2. The van der Waals surface area contributed by atoms with E-state index in [0.717, 1.165) is 11.3 Å². The highest BCUT2D eigenvalue weighted by Gasteiger charge is 2.72. The molecule has 5 rings (SSSR count). The number of ether oxygens (including phenoxy) is 1. The first kappa shape index (κ1) is 17.4. The van der Waals surface area contributed by atoms with Gasteiger partial charge >= 0.3 is 0 Å². The fourth-order valence-electron chi connectivity index (χ4n) is 5.18. The summed E-state index contributed by atoms with van der Waals surface area (Å²) in [5, 5.41) is 3.50. The lowest BCUT2D eigenvalue weighted by molar-refractivity contribution is -0.122. The summed E-state index contributed by atoms with van der Waals surface area (Å²) in [5.41, 5.74) is 2.62. The fourth-order valence-corrected chi connectivity index (χ4v) is 5.45. The highest BCUT2D eigenvalue weighted by molar-refractivity contribution is 6.41. The maximum atomic E-state index is 13.2. The molecular weight excluding hydrogens is 385 g/mol. The Kier molecular flexibility index (Phi) is 3.97. The third-order valence-electron chi connectivity index (χ3n) is 6.36. The van der Waals surface area contributed by atoms with Crippen molar-refractivity contribution in [2.75, 3.05) is 5.32 Å². The van der Waals surface area contributed by atoms with Crippen LogP contribution in [0.25, 0.3) is 0 Å². The molecule has 3 fully saturated rings. The predicted molar refractivity (Wildman–Crippen MR) is 103 cm³/mol. The molecule has 0 aromatic carbocycles. The number of fused-ring (bicyclic) bond motifs is 5. The number of anilines is 1. The molecule has 27 heavy (non-hydrogen) atoms. The van der Waals surface area contributed by atoms with Crippen LogP contribution >= 0.6 is 23.2 Å². The largest absolute Gasteiger partial charge is 0.373 e. The van der Waals surface area contributed by atoms with Crippen LogP contribution in [0.3, 0.4) is 0 Å². The zero-order valence-electron chi connectivity index (χ0n) is 14.9. The van der Waals surface area contributed by atoms with E-state index in [9.17, 15) is 4.79 Å². The predicted octanol–water partition coefficient (Wildman–Crippen LogP) is 4.09. The molecule has 2 aromatic heterocycles. The molecule has 0 spiro atoms. The van der Waals surface area contributed by atoms with Gasteiger partial charge in [0.05, 0.1) is 35.0 Å². The molecule has 7 atom stereocenters. The standard InChI is InChI=1S/C20H19Cl2N3O2/c1-8-5-10(3-4-23-8)15-16(18-14-9(2)13(14)17(15)27-18)20(26)25-11-6-12(21)19(22)24-7-11/h3-7,9,13-18H,1-2H3,(H,25,26)/t9?,13?,14?,15-,16+,17+,18-/m1/s1. The molecule has 2 saturated heterocycles. The summed E-state index contributed by atoms with van der Waals surface area (Å²) in [4.78, 5) is 21.5. The van der Waals surface area contributed by atoms with E-state index < -0.39 is 0 Å². The Morgan fingerprint density at radius 2 is 1.96 bits per heavy atom. The fraction of sp³-hybridized carbons (Fsp3) is 0.450. The van der Waals surface area contributed by atoms with Crippen molar-refractivity contribution >= 4 is 34.8 Å². The second-order valence-electron chi connectivity index (χ2n) is 7.85. The van der Waals surface area contributed by atoms with Crippen LogP contribution in [0.15, 0.2) is 30.6 Å². The molecule has 140 valence electrons. The number of hydrogen-bond donors (Lipinski definition) is 1. The summed E-state index contributed by atoms with van der Waals surface area (Å²) in [7, 11) is 0. The van der Waals surface area contributed by atoms with Gasteiger partial charge in [0, 0.05) is 17.8 Å². The number of nitrogens with zero attached hydrogens (tertiary/aromatic N) is 2. The quantitative estimate of drug-likeness (QED) is 0.783. The Morgan fingerprint density at radius 3 is 2.70 bits per heavy atom. The number of rotatable bonds is 3. The Bertz CT molecular complexity index is 937. The minimum atomic E-state index is -0.238. The van der Waals surface area contributed by atoms with E-state index in [0.29, 0.717) is 28.5 Å². The molecule has 1 saturated carbocycles. The zero-order chi connectivity index (χ0) is 18.9. The van der Waals surface area contributed by atoms with Crippen LogP contribution in [-0.2, 0) is 9.53 Å². The number of pyridine rings is 2. The van der Waals surface area contributed by atoms with Gasteiger partial charge in [0.2, 0.25) is 5.91 Å². The van der Waals surface area contributed by atoms with Crippen LogP contribution < -0.4 is 5.32 Å². The molecule has 3 aliphatic rings. The minimum absolute atomic E-state index is 0.0378. The van der Waals surface area contributed by atoms with E-state index in [1.54, 1.807) is 6.07 Å². The van der Waals surface area contributed by atoms with Gasteiger partial charge in [-0.1, -0.05) is 30.1 Å². The van der Waals surface area contributed by atoms with Crippen LogP contribution in [0.5, 0.6) is 0 Å².